The van der Waals surface area contributed by atoms with Crippen molar-refractivity contribution in [3.05, 3.63) is 68.9 Å². The molecule has 0 saturated heterocycles. The number of carbonyl (C=O) groups excluding carboxylic acids is 2. The summed E-state index contributed by atoms with van der Waals surface area (Å²) < 4.78 is 15.7. The molecular weight excluding hydrogens is 405 g/mol. The third kappa shape index (κ3) is 5.08. The van der Waals surface area contributed by atoms with Crippen molar-refractivity contribution in [1.29, 1.82) is 0 Å². The molecule has 1 aromatic carbocycles. The minimum Gasteiger partial charge on any atom is -0.351 e. The Morgan fingerprint density at radius 1 is 1.13 bits per heavy atom. The van der Waals surface area contributed by atoms with Crippen LogP contribution in [0.25, 0.3) is 10.9 Å². The first-order valence-corrected chi connectivity index (χ1v) is 9.94. The average molecular weight is 429 g/mol. The Kier molecular flexibility index (Phi) is 6.68. The van der Waals surface area contributed by atoms with Gasteiger partial charge in [-0.15, -0.1) is 0 Å². The predicted molar refractivity (Wildman–Crippen MR) is 114 cm³/mol. The van der Waals surface area contributed by atoms with Gasteiger partial charge in [-0.25, -0.2) is 14.2 Å². The van der Waals surface area contributed by atoms with Crippen LogP contribution in [0.4, 0.5) is 9.18 Å². The predicted octanol–water partition coefficient (Wildman–Crippen LogP) is 1.66. The van der Waals surface area contributed by atoms with Crippen LogP contribution in [-0.2, 0) is 6.54 Å². The van der Waals surface area contributed by atoms with Crippen molar-refractivity contribution in [1.82, 2.24) is 24.8 Å². The molecule has 31 heavy (non-hydrogen) atoms. The molecule has 9 nitrogen and oxygen atoms in total. The molecule has 0 saturated carbocycles. The number of hydrogen-bond donors (Lipinski definition) is 3. The highest BCUT2D eigenvalue weighted by Gasteiger charge is 2.16. The molecular formula is C21H24FN5O4. The fraction of sp³-hybridized carbons (Fsp3) is 0.333. The number of nitrogens with one attached hydrogen (secondary N) is 3. The zero-order chi connectivity index (χ0) is 22.5. The number of rotatable bonds is 7. The Bertz CT molecular complexity index is 1220. The molecule has 0 aliphatic heterocycles. The number of carbonyl (C=O) groups is 2. The van der Waals surface area contributed by atoms with Gasteiger partial charge in [-0.3, -0.25) is 14.6 Å². The monoisotopic (exact) mass is 429 g/mol. The SMILES string of the molecule is CC(C)Cn1c(C(=O)NCCCNC(=O)n2cc(F)c(=O)[nH]c2=O)cc2ccccc21. The van der Waals surface area contributed by atoms with Gasteiger partial charge in [0.25, 0.3) is 11.5 Å². The number of hydrogen-bond acceptors (Lipinski definition) is 4. The minimum absolute atomic E-state index is 0.140. The first kappa shape index (κ1) is 22.0. The Labute approximate surface area is 176 Å². The fourth-order valence-corrected chi connectivity index (χ4v) is 3.22. The van der Waals surface area contributed by atoms with E-state index in [2.05, 4.69) is 24.5 Å². The van der Waals surface area contributed by atoms with Crippen LogP contribution < -0.4 is 21.9 Å². The van der Waals surface area contributed by atoms with Gasteiger partial charge in [-0.05, 0) is 24.5 Å². The molecule has 2 aromatic heterocycles. The molecule has 3 rings (SSSR count). The average Bonchev–Trinajstić information content (AvgIpc) is 3.08. The number of benzene rings is 1. The van der Waals surface area contributed by atoms with Crippen molar-refractivity contribution < 1.29 is 14.0 Å². The minimum atomic E-state index is -1.24. The van der Waals surface area contributed by atoms with Crippen molar-refractivity contribution in [2.45, 2.75) is 26.8 Å². The van der Waals surface area contributed by atoms with E-state index in [1.807, 2.05) is 34.9 Å². The van der Waals surface area contributed by atoms with E-state index in [4.69, 9.17) is 0 Å². The molecule has 0 spiro atoms. The number of nitrogens with zero attached hydrogens (tertiary/aromatic N) is 2. The first-order valence-electron chi connectivity index (χ1n) is 9.94. The van der Waals surface area contributed by atoms with E-state index >= 15 is 0 Å². The lowest BCUT2D eigenvalue weighted by molar-refractivity contribution is 0.0944. The number of H-pyrrole nitrogens is 1. The summed E-state index contributed by atoms with van der Waals surface area (Å²) in [4.78, 5) is 49.0. The van der Waals surface area contributed by atoms with E-state index in [0.29, 0.717) is 35.3 Å². The third-order valence-electron chi connectivity index (χ3n) is 4.62. The van der Waals surface area contributed by atoms with E-state index in [9.17, 15) is 23.6 Å². The summed E-state index contributed by atoms with van der Waals surface area (Å²) in [6.45, 7) is 5.30. The highest BCUT2D eigenvalue weighted by atomic mass is 19.1. The maximum Gasteiger partial charge on any atom is 0.336 e. The second-order valence-corrected chi connectivity index (χ2v) is 7.54. The number of aromatic nitrogens is 3. The van der Waals surface area contributed by atoms with Gasteiger partial charge in [0.2, 0.25) is 5.82 Å². The van der Waals surface area contributed by atoms with Gasteiger partial charge in [-0.2, -0.15) is 4.39 Å². The maximum atomic E-state index is 13.3. The van der Waals surface area contributed by atoms with Crippen LogP contribution in [-0.4, -0.2) is 39.1 Å². The number of aromatic amines is 1. The molecule has 0 bridgehead atoms. The quantitative estimate of drug-likeness (QED) is 0.495. The summed E-state index contributed by atoms with van der Waals surface area (Å²) in [5.41, 5.74) is -0.664. The number of para-hydroxylation sites is 1. The van der Waals surface area contributed by atoms with Crippen LogP contribution >= 0.6 is 0 Å². The second kappa shape index (κ2) is 9.41. The lowest BCUT2D eigenvalue weighted by atomic mass is 10.2. The van der Waals surface area contributed by atoms with Gasteiger partial charge in [0, 0.05) is 30.5 Å². The van der Waals surface area contributed by atoms with Crippen LogP contribution in [0, 0.1) is 11.7 Å². The smallest absolute Gasteiger partial charge is 0.336 e. The maximum absolute atomic E-state index is 13.3. The van der Waals surface area contributed by atoms with E-state index in [1.54, 1.807) is 4.98 Å². The molecule has 2 heterocycles. The molecule has 164 valence electrons. The number of halogens is 1. The van der Waals surface area contributed by atoms with Crippen LogP contribution in [0.2, 0.25) is 0 Å². The number of fused-ring (bicyclic) bond motifs is 1. The Hall–Kier alpha value is -3.69. The first-order chi connectivity index (χ1) is 14.8. The molecule has 0 aliphatic rings. The van der Waals surface area contributed by atoms with Crippen molar-refractivity contribution in [2.75, 3.05) is 13.1 Å². The molecule has 0 aliphatic carbocycles. The van der Waals surface area contributed by atoms with Gasteiger partial charge in [0.15, 0.2) is 0 Å². The lowest BCUT2D eigenvalue weighted by Crippen LogP contribution is -2.41. The van der Waals surface area contributed by atoms with Crippen molar-refractivity contribution in [3.63, 3.8) is 0 Å². The van der Waals surface area contributed by atoms with Crippen LogP contribution in [0.3, 0.4) is 0 Å². The van der Waals surface area contributed by atoms with Gasteiger partial charge in [0.1, 0.15) is 5.69 Å². The third-order valence-corrected chi connectivity index (χ3v) is 4.62. The van der Waals surface area contributed by atoms with Crippen LogP contribution in [0.1, 0.15) is 30.8 Å². The normalized spacial score (nSPS) is 11.1. The van der Waals surface area contributed by atoms with Crippen molar-refractivity contribution in [2.24, 2.45) is 5.92 Å². The molecule has 0 unspecified atom stereocenters. The van der Waals surface area contributed by atoms with E-state index < -0.39 is 23.1 Å². The number of amides is 2. The Morgan fingerprint density at radius 3 is 2.58 bits per heavy atom. The van der Waals surface area contributed by atoms with Crippen LogP contribution in [0.15, 0.2) is 46.1 Å². The topological polar surface area (TPSA) is 118 Å². The molecule has 10 heteroatoms. The summed E-state index contributed by atoms with van der Waals surface area (Å²) >= 11 is 0. The van der Waals surface area contributed by atoms with Gasteiger partial charge in [-0.1, -0.05) is 32.0 Å². The van der Waals surface area contributed by atoms with Crippen LogP contribution in [0.5, 0.6) is 0 Å². The Balaban J connectivity index is 1.56. The summed E-state index contributed by atoms with van der Waals surface area (Å²) in [6.07, 6.45) is 0.925. The van der Waals surface area contributed by atoms with E-state index in [-0.39, 0.29) is 19.0 Å². The zero-order valence-corrected chi connectivity index (χ0v) is 17.3. The van der Waals surface area contributed by atoms with Gasteiger partial charge < -0.3 is 15.2 Å². The van der Waals surface area contributed by atoms with Crippen molar-refractivity contribution >= 4 is 22.8 Å². The summed E-state index contributed by atoms with van der Waals surface area (Å²) in [7, 11) is 0. The molecule has 0 radical (unpaired) electrons. The molecule has 0 fully saturated rings. The molecule has 2 amide bonds. The largest absolute Gasteiger partial charge is 0.351 e. The Morgan fingerprint density at radius 2 is 1.84 bits per heavy atom. The summed E-state index contributed by atoms with van der Waals surface area (Å²) in [5, 5.41) is 6.25. The van der Waals surface area contributed by atoms with E-state index in [0.717, 1.165) is 10.9 Å². The standard InChI is InChI=1S/C21H24FN5O4/c1-13(2)11-26-16-7-4-3-6-14(16)10-17(26)19(29)23-8-5-9-24-20(30)27-12-15(22)18(28)25-21(27)31/h3-4,6-7,10,12-13H,5,8-9,11H2,1-2H3,(H,23,29)(H,24,30)(H,25,28,31). The molecule has 3 aromatic rings. The van der Waals surface area contributed by atoms with E-state index in [1.165, 1.54) is 0 Å². The van der Waals surface area contributed by atoms with Crippen molar-refractivity contribution in [3.8, 4) is 0 Å². The molecule has 3 N–H and O–H groups in total. The summed E-state index contributed by atoms with van der Waals surface area (Å²) in [5.74, 6) is -1.10. The second-order valence-electron chi connectivity index (χ2n) is 7.54. The summed E-state index contributed by atoms with van der Waals surface area (Å²) in [6, 6.07) is 8.77. The van der Waals surface area contributed by atoms with Gasteiger partial charge >= 0.3 is 11.7 Å². The fourth-order valence-electron chi connectivity index (χ4n) is 3.22. The highest BCUT2D eigenvalue weighted by Crippen LogP contribution is 2.21. The lowest BCUT2D eigenvalue weighted by Gasteiger charge is -2.13. The van der Waals surface area contributed by atoms with Gasteiger partial charge in [0.05, 0.1) is 6.20 Å². The highest BCUT2D eigenvalue weighted by molar-refractivity contribution is 5.98. The molecule has 0 atom stereocenters. The zero-order valence-electron chi connectivity index (χ0n) is 17.3.